The average molecular weight is 456 g/mol. The van der Waals surface area contributed by atoms with Gasteiger partial charge in [-0.3, -0.25) is 14.3 Å². The van der Waals surface area contributed by atoms with Crippen LogP contribution in [0.3, 0.4) is 0 Å². The second-order valence-electron chi connectivity index (χ2n) is 7.57. The second kappa shape index (κ2) is 9.62. The van der Waals surface area contributed by atoms with E-state index in [1.165, 1.54) is 0 Å². The SMILES string of the molecule is CC(C)Cn1c(SCCCc2nc(-c3ccncc3)no2)nc2ccc(Cl)cc2c1=O. The molecule has 0 radical (unpaired) electrons. The lowest BCUT2D eigenvalue weighted by molar-refractivity contribution is 0.378. The predicted octanol–water partition coefficient (Wildman–Crippen LogP) is 4.88. The standard InChI is InChI=1S/C22H22ClN5O2S/c1-14(2)13-28-21(29)17-12-16(23)5-6-18(17)25-22(28)31-11-3-4-19-26-20(27-30-19)15-7-9-24-10-8-15/h5-10,12,14H,3-4,11,13H2,1-2H3. The first-order chi connectivity index (χ1) is 15.0. The largest absolute Gasteiger partial charge is 0.339 e. The molecule has 0 spiro atoms. The van der Waals surface area contributed by atoms with E-state index < -0.39 is 0 Å². The Labute approximate surface area is 188 Å². The van der Waals surface area contributed by atoms with Crippen LogP contribution in [0.25, 0.3) is 22.3 Å². The van der Waals surface area contributed by atoms with Gasteiger partial charge in [-0.15, -0.1) is 0 Å². The van der Waals surface area contributed by atoms with Crippen LogP contribution in [-0.2, 0) is 13.0 Å². The Morgan fingerprint density at radius 3 is 2.74 bits per heavy atom. The van der Waals surface area contributed by atoms with E-state index in [1.807, 2.05) is 12.1 Å². The molecule has 0 unspecified atom stereocenters. The Morgan fingerprint density at radius 2 is 1.97 bits per heavy atom. The normalized spacial score (nSPS) is 11.5. The van der Waals surface area contributed by atoms with Crippen LogP contribution in [-0.4, -0.2) is 30.4 Å². The van der Waals surface area contributed by atoms with Crippen LogP contribution in [0.4, 0.5) is 0 Å². The summed E-state index contributed by atoms with van der Waals surface area (Å²) in [6.07, 6.45) is 4.87. The summed E-state index contributed by atoms with van der Waals surface area (Å²) in [5.41, 5.74) is 1.48. The molecular weight excluding hydrogens is 434 g/mol. The molecule has 1 aromatic carbocycles. The summed E-state index contributed by atoms with van der Waals surface area (Å²) < 4.78 is 7.11. The maximum atomic E-state index is 13.0. The number of aromatic nitrogens is 5. The van der Waals surface area contributed by atoms with Gasteiger partial charge in [0.05, 0.1) is 10.9 Å². The Morgan fingerprint density at radius 1 is 1.16 bits per heavy atom. The smallest absolute Gasteiger partial charge is 0.262 e. The highest BCUT2D eigenvalue weighted by molar-refractivity contribution is 7.99. The Balaban J connectivity index is 1.46. The van der Waals surface area contributed by atoms with Crippen molar-refractivity contribution in [1.82, 2.24) is 24.7 Å². The van der Waals surface area contributed by atoms with E-state index in [0.717, 1.165) is 22.9 Å². The molecule has 0 N–H and O–H groups in total. The maximum absolute atomic E-state index is 13.0. The minimum Gasteiger partial charge on any atom is -0.339 e. The predicted molar refractivity (Wildman–Crippen MR) is 122 cm³/mol. The summed E-state index contributed by atoms with van der Waals surface area (Å²) in [6.45, 7) is 4.77. The molecule has 0 aliphatic rings. The molecule has 0 amide bonds. The van der Waals surface area contributed by atoms with Gasteiger partial charge in [-0.2, -0.15) is 4.98 Å². The molecule has 3 heterocycles. The van der Waals surface area contributed by atoms with Gasteiger partial charge in [0.25, 0.3) is 5.56 Å². The van der Waals surface area contributed by atoms with Crippen LogP contribution >= 0.6 is 23.4 Å². The van der Waals surface area contributed by atoms with Crippen molar-refractivity contribution in [2.24, 2.45) is 5.92 Å². The zero-order valence-corrected chi connectivity index (χ0v) is 18.9. The molecule has 9 heteroatoms. The van der Waals surface area contributed by atoms with E-state index in [0.29, 0.717) is 46.5 Å². The van der Waals surface area contributed by atoms with Crippen molar-refractivity contribution in [1.29, 1.82) is 0 Å². The lowest BCUT2D eigenvalue weighted by Gasteiger charge is -2.15. The molecule has 4 rings (SSSR count). The number of fused-ring (bicyclic) bond motifs is 1. The summed E-state index contributed by atoms with van der Waals surface area (Å²) in [5, 5.41) is 5.84. The summed E-state index contributed by atoms with van der Waals surface area (Å²) >= 11 is 7.65. The molecule has 0 fully saturated rings. The minimum atomic E-state index is -0.0532. The van der Waals surface area contributed by atoms with Crippen molar-refractivity contribution >= 4 is 34.3 Å². The number of hydrogen-bond donors (Lipinski definition) is 0. The first-order valence-corrected chi connectivity index (χ1v) is 11.4. The average Bonchev–Trinajstić information content (AvgIpc) is 3.23. The third-order valence-electron chi connectivity index (χ3n) is 4.60. The number of halogens is 1. The minimum absolute atomic E-state index is 0.0532. The lowest BCUT2D eigenvalue weighted by Crippen LogP contribution is -2.25. The number of pyridine rings is 1. The molecule has 160 valence electrons. The van der Waals surface area contributed by atoms with Crippen LogP contribution in [0.2, 0.25) is 5.02 Å². The number of aryl methyl sites for hydroxylation is 1. The van der Waals surface area contributed by atoms with Gasteiger partial charge < -0.3 is 4.52 Å². The van der Waals surface area contributed by atoms with Gasteiger partial charge in [0.15, 0.2) is 5.16 Å². The summed E-state index contributed by atoms with van der Waals surface area (Å²) in [4.78, 5) is 26.2. The molecule has 0 bridgehead atoms. The summed E-state index contributed by atoms with van der Waals surface area (Å²) in [7, 11) is 0. The molecule has 31 heavy (non-hydrogen) atoms. The highest BCUT2D eigenvalue weighted by Crippen LogP contribution is 2.22. The molecular formula is C22H22ClN5O2S. The molecule has 0 saturated heterocycles. The van der Waals surface area contributed by atoms with Crippen LogP contribution < -0.4 is 5.56 Å². The topological polar surface area (TPSA) is 86.7 Å². The third kappa shape index (κ3) is 5.14. The van der Waals surface area contributed by atoms with Gasteiger partial charge in [0, 0.05) is 41.7 Å². The van der Waals surface area contributed by atoms with Crippen LogP contribution in [0.15, 0.2) is 57.2 Å². The van der Waals surface area contributed by atoms with Gasteiger partial charge in [0.2, 0.25) is 11.7 Å². The van der Waals surface area contributed by atoms with Gasteiger partial charge >= 0.3 is 0 Å². The number of hydrogen-bond acceptors (Lipinski definition) is 7. The Kier molecular flexibility index (Phi) is 6.67. The van der Waals surface area contributed by atoms with Gasteiger partial charge in [-0.1, -0.05) is 42.4 Å². The van der Waals surface area contributed by atoms with E-state index in [2.05, 4.69) is 29.0 Å². The van der Waals surface area contributed by atoms with Gasteiger partial charge in [-0.25, -0.2) is 4.98 Å². The fraction of sp³-hybridized carbons (Fsp3) is 0.318. The van der Waals surface area contributed by atoms with Gasteiger partial charge in [-0.05, 0) is 42.7 Å². The van der Waals surface area contributed by atoms with Crippen LogP contribution in [0, 0.1) is 5.92 Å². The zero-order chi connectivity index (χ0) is 21.8. The van der Waals surface area contributed by atoms with Crippen molar-refractivity contribution in [2.45, 2.75) is 38.4 Å². The molecule has 0 aliphatic heterocycles. The monoisotopic (exact) mass is 455 g/mol. The Bertz CT molecular complexity index is 1240. The van der Waals surface area contributed by atoms with Crippen molar-refractivity contribution in [2.75, 3.05) is 5.75 Å². The van der Waals surface area contributed by atoms with Crippen LogP contribution in [0.5, 0.6) is 0 Å². The quantitative estimate of drug-likeness (QED) is 0.212. The van der Waals surface area contributed by atoms with E-state index in [1.54, 1.807) is 46.9 Å². The fourth-order valence-corrected chi connectivity index (χ4v) is 4.29. The summed E-state index contributed by atoms with van der Waals surface area (Å²) in [6, 6.07) is 8.93. The Hall–Kier alpha value is -2.71. The van der Waals surface area contributed by atoms with Crippen LogP contribution in [0.1, 0.15) is 26.2 Å². The highest BCUT2D eigenvalue weighted by atomic mass is 35.5. The molecule has 0 aliphatic carbocycles. The number of nitrogens with zero attached hydrogens (tertiary/aromatic N) is 5. The summed E-state index contributed by atoms with van der Waals surface area (Å²) in [5.74, 6) is 2.25. The molecule has 4 aromatic rings. The maximum Gasteiger partial charge on any atom is 0.262 e. The third-order valence-corrected chi connectivity index (χ3v) is 5.90. The number of rotatable bonds is 8. The van der Waals surface area contributed by atoms with E-state index in [4.69, 9.17) is 21.1 Å². The second-order valence-corrected chi connectivity index (χ2v) is 9.06. The lowest BCUT2D eigenvalue weighted by atomic mass is 10.2. The highest BCUT2D eigenvalue weighted by Gasteiger charge is 2.14. The molecule has 0 saturated carbocycles. The van der Waals surface area contributed by atoms with Crippen molar-refractivity contribution in [3.8, 4) is 11.4 Å². The molecule has 7 nitrogen and oxygen atoms in total. The first-order valence-electron chi connectivity index (χ1n) is 10.1. The van der Waals surface area contributed by atoms with Crippen molar-refractivity contribution in [3.05, 3.63) is 64.0 Å². The first kappa shape index (κ1) is 21.5. The fourth-order valence-electron chi connectivity index (χ4n) is 3.17. The number of benzene rings is 1. The molecule has 3 aromatic heterocycles. The number of thioether (sulfide) groups is 1. The zero-order valence-electron chi connectivity index (χ0n) is 17.3. The van der Waals surface area contributed by atoms with Crippen molar-refractivity contribution < 1.29 is 4.52 Å². The van der Waals surface area contributed by atoms with E-state index in [-0.39, 0.29) is 5.56 Å². The molecule has 0 atom stereocenters. The van der Waals surface area contributed by atoms with Gasteiger partial charge in [0.1, 0.15) is 0 Å². The van der Waals surface area contributed by atoms with E-state index in [9.17, 15) is 4.79 Å². The van der Waals surface area contributed by atoms with Crippen molar-refractivity contribution in [3.63, 3.8) is 0 Å². The van der Waals surface area contributed by atoms with E-state index >= 15 is 0 Å².